The van der Waals surface area contributed by atoms with E-state index in [9.17, 15) is 22.8 Å². The van der Waals surface area contributed by atoms with E-state index in [0.717, 1.165) is 17.3 Å². The van der Waals surface area contributed by atoms with Crippen LogP contribution in [0.15, 0.2) is 53.4 Å². The Hall–Kier alpha value is -2.68. The first-order chi connectivity index (χ1) is 13.4. The van der Waals surface area contributed by atoms with Gasteiger partial charge in [-0.05, 0) is 36.2 Å². The van der Waals surface area contributed by atoms with E-state index in [-0.39, 0.29) is 18.0 Å². The van der Waals surface area contributed by atoms with Gasteiger partial charge in [0, 0.05) is 11.4 Å². The zero-order valence-electron chi connectivity index (χ0n) is 14.7. The molecule has 0 aromatic heterocycles. The molecule has 2 aromatic rings. The predicted molar refractivity (Wildman–Crippen MR) is 97.9 cm³/mol. The molecule has 1 N–H and O–H groups in total. The van der Waals surface area contributed by atoms with E-state index >= 15 is 0 Å². The highest BCUT2D eigenvalue weighted by molar-refractivity contribution is 8.00. The van der Waals surface area contributed by atoms with Gasteiger partial charge in [0.25, 0.3) is 5.91 Å². The highest BCUT2D eigenvalue weighted by Crippen LogP contribution is 2.21. The van der Waals surface area contributed by atoms with Crippen LogP contribution in [-0.4, -0.2) is 37.4 Å². The van der Waals surface area contributed by atoms with Gasteiger partial charge >= 0.3 is 12.6 Å². The number of nitrogens with one attached hydrogen (secondary N) is 1. The van der Waals surface area contributed by atoms with Gasteiger partial charge in [0.2, 0.25) is 0 Å². The smallest absolute Gasteiger partial charge is 0.387 e. The minimum absolute atomic E-state index is 0.0583. The van der Waals surface area contributed by atoms with Crippen LogP contribution in [0.2, 0.25) is 0 Å². The molecule has 0 saturated carbocycles. The van der Waals surface area contributed by atoms with Crippen molar-refractivity contribution in [3.8, 4) is 5.75 Å². The largest absolute Gasteiger partial charge is 0.455 e. The molecular weight excluding hydrogens is 395 g/mol. The quantitative estimate of drug-likeness (QED) is 0.478. The molecule has 9 heteroatoms. The number of halogens is 3. The van der Waals surface area contributed by atoms with Gasteiger partial charge in [-0.15, -0.1) is 11.8 Å². The van der Waals surface area contributed by atoms with Gasteiger partial charge in [0.15, 0.2) is 6.61 Å². The lowest BCUT2D eigenvalue weighted by atomic mass is 10.1. The lowest BCUT2D eigenvalue weighted by Gasteiger charge is -2.08. The fraction of sp³-hybridized carbons (Fsp3) is 0.263. The van der Waals surface area contributed by atoms with E-state index in [4.69, 9.17) is 4.74 Å². The molecule has 0 bridgehead atoms. The number of hydrogen-bond donors (Lipinski definition) is 1. The summed E-state index contributed by atoms with van der Waals surface area (Å²) < 4.78 is 46.7. The molecule has 5 nitrogen and oxygen atoms in total. The molecule has 2 rings (SSSR count). The summed E-state index contributed by atoms with van der Waals surface area (Å²) in [6.45, 7) is -3.02. The molecule has 28 heavy (non-hydrogen) atoms. The molecule has 0 aliphatic rings. The standard InChI is InChI=1S/C19H18F3NO4S/c20-15-3-1-2-4-16(15)28-12-18(25)26-11-17(24)23-10-9-13-5-7-14(8-6-13)27-19(21)22/h1-8,19H,9-12H2,(H,23,24). The van der Waals surface area contributed by atoms with Crippen molar-refractivity contribution in [3.63, 3.8) is 0 Å². The minimum Gasteiger partial charge on any atom is -0.455 e. The molecule has 0 saturated heterocycles. The summed E-state index contributed by atoms with van der Waals surface area (Å²) in [6.07, 6.45) is 0.470. The Balaban J connectivity index is 1.62. The number of ether oxygens (including phenoxy) is 2. The second kappa shape index (κ2) is 11.2. The van der Waals surface area contributed by atoms with Gasteiger partial charge in [-0.25, -0.2) is 4.39 Å². The van der Waals surface area contributed by atoms with Gasteiger partial charge < -0.3 is 14.8 Å². The molecule has 0 unspecified atom stereocenters. The number of rotatable bonds is 10. The summed E-state index contributed by atoms with van der Waals surface area (Å²) in [7, 11) is 0. The summed E-state index contributed by atoms with van der Waals surface area (Å²) in [4.78, 5) is 23.6. The highest BCUT2D eigenvalue weighted by atomic mass is 32.2. The molecule has 0 spiro atoms. The van der Waals surface area contributed by atoms with E-state index in [0.29, 0.717) is 11.3 Å². The van der Waals surface area contributed by atoms with Crippen LogP contribution in [0.3, 0.4) is 0 Å². The topological polar surface area (TPSA) is 64.6 Å². The van der Waals surface area contributed by atoms with Crippen molar-refractivity contribution in [3.05, 3.63) is 59.9 Å². The molecule has 150 valence electrons. The molecular formula is C19H18F3NO4S. The van der Waals surface area contributed by atoms with Crippen LogP contribution < -0.4 is 10.1 Å². The predicted octanol–water partition coefficient (Wildman–Crippen LogP) is 3.42. The van der Waals surface area contributed by atoms with Crippen molar-refractivity contribution in [2.24, 2.45) is 0 Å². The number of carbonyl (C=O) groups is 2. The summed E-state index contributed by atoms with van der Waals surface area (Å²) in [5.74, 6) is -1.57. The van der Waals surface area contributed by atoms with Crippen LogP contribution >= 0.6 is 11.8 Å². The van der Waals surface area contributed by atoms with Gasteiger partial charge in [0.05, 0.1) is 5.75 Å². The van der Waals surface area contributed by atoms with Gasteiger partial charge in [0.1, 0.15) is 11.6 Å². The Labute approximate surface area is 164 Å². The lowest BCUT2D eigenvalue weighted by molar-refractivity contribution is -0.145. The number of alkyl halides is 2. The van der Waals surface area contributed by atoms with Crippen molar-refractivity contribution >= 4 is 23.6 Å². The van der Waals surface area contributed by atoms with Crippen LogP contribution in [-0.2, 0) is 20.7 Å². The van der Waals surface area contributed by atoms with E-state index in [1.165, 1.54) is 18.2 Å². The summed E-state index contributed by atoms with van der Waals surface area (Å²) in [5.41, 5.74) is 0.820. The molecule has 0 aliphatic carbocycles. The number of hydrogen-bond acceptors (Lipinski definition) is 5. The number of carbonyl (C=O) groups excluding carboxylic acids is 2. The maximum atomic E-state index is 13.4. The third-order valence-electron chi connectivity index (χ3n) is 3.43. The van der Waals surface area contributed by atoms with Crippen LogP contribution in [0, 0.1) is 5.82 Å². The van der Waals surface area contributed by atoms with Crippen LogP contribution in [0.5, 0.6) is 5.75 Å². The third kappa shape index (κ3) is 7.91. The Bertz CT molecular complexity index is 787. The Morgan fingerprint density at radius 1 is 1.07 bits per heavy atom. The zero-order valence-corrected chi connectivity index (χ0v) is 15.5. The maximum absolute atomic E-state index is 13.4. The van der Waals surface area contributed by atoms with E-state index in [1.807, 2.05) is 0 Å². The first-order valence-corrected chi connectivity index (χ1v) is 9.26. The number of amides is 1. The molecule has 0 radical (unpaired) electrons. The monoisotopic (exact) mass is 413 g/mol. The Morgan fingerprint density at radius 3 is 2.46 bits per heavy atom. The van der Waals surface area contributed by atoms with Crippen molar-refractivity contribution in [1.29, 1.82) is 0 Å². The normalized spacial score (nSPS) is 10.6. The summed E-state index contributed by atoms with van der Waals surface area (Å²) in [5, 5.41) is 2.58. The molecule has 0 heterocycles. The second-order valence-electron chi connectivity index (χ2n) is 5.50. The van der Waals surface area contributed by atoms with Gasteiger partial charge in [-0.2, -0.15) is 8.78 Å². The highest BCUT2D eigenvalue weighted by Gasteiger charge is 2.10. The Morgan fingerprint density at radius 2 is 1.79 bits per heavy atom. The molecule has 0 atom stereocenters. The fourth-order valence-corrected chi connectivity index (χ4v) is 2.86. The molecule has 0 aliphatic heterocycles. The SMILES string of the molecule is O=C(COC(=O)CSc1ccccc1F)NCCc1ccc(OC(F)F)cc1. The van der Waals surface area contributed by atoms with Crippen molar-refractivity contribution in [2.45, 2.75) is 17.9 Å². The first-order valence-electron chi connectivity index (χ1n) is 8.27. The first kappa shape index (κ1) is 21.6. The van der Waals surface area contributed by atoms with Gasteiger partial charge in [-0.3, -0.25) is 9.59 Å². The van der Waals surface area contributed by atoms with Gasteiger partial charge in [-0.1, -0.05) is 24.3 Å². The summed E-state index contributed by atoms with van der Waals surface area (Å²) >= 11 is 0.988. The fourth-order valence-electron chi connectivity index (χ4n) is 2.12. The lowest BCUT2D eigenvalue weighted by Crippen LogP contribution is -2.30. The Kier molecular flexibility index (Phi) is 8.67. The van der Waals surface area contributed by atoms with Crippen LogP contribution in [0.25, 0.3) is 0 Å². The molecule has 1 amide bonds. The van der Waals surface area contributed by atoms with E-state index in [2.05, 4.69) is 10.1 Å². The van der Waals surface area contributed by atoms with Crippen LogP contribution in [0.1, 0.15) is 5.56 Å². The minimum atomic E-state index is -2.88. The average Bonchev–Trinajstić information content (AvgIpc) is 2.66. The zero-order chi connectivity index (χ0) is 20.4. The number of benzene rings is 2. The maximum Gasteiger partial charge on any atom is 0.387 e. The molecule has 2 aromatic carbocycles. The van der Waals surface area contributed by atoms with Crippen molar-refractivity contribution < 1.29 is 32.2 Å². The number of thioether (sulfide) groups is 1. The third-order valence-corrected chi connectivity index (χ3v) is 4.45. The summed E-state index contributed by atoms with van der Waals surface area (Å²) in [6, 6.07) is 12.1. The molecule has 0 fully saturated rings. The van der Waals surface area contributed by atoms with E-state index < -0.39 is 30.9 Å². The number of esters is 1. The van der Waals surface area contributed by atoms with E-state index in [1.54, 1.807) is 30.3 Å². The van der Waals surface area contributed by atoms with Crippen molar-refractivity contribution in [2.75, 3.05) is 18.9 Å². The van der Waals surface area contributed by atoms with Crippen LogP contribution in [0.4, 0.5) is 13.2 Å². The second-order valence-corrected chi connectivity index (χ2v) is 6.52. The van der Waals surface area contributed by atoms with Crippen molar-refractivity contribution in [1.82, 2.24) is 5.32 Å². The average molecular weight is 413 g/mol.